The second-order valence-corrected chi connectivity index (χ2v) is 4.50. The van der Waals surface area contributed by atoms with Crippen LogP contribution < -0.4 is 5.32 Å². The van der Waals surface area contributed by atoms with E-state index in [4.69, 9.17) is 0 Å². The van der Waals surface area contributed by atoms with E-state index in [9.17, 15) is 10.1 Å². The molecule has 0 fully saturated rings. The Morgan fingerprint density at radius 3 is 2.95 bits per heavy atom. The molecule has 0 amide bonds. The molecule has 0 saturated carbocycles. The molecule has 0 bridgehead atoms. The maximum absolute atomic E-state index is 11.0. The van der Waals surface area contributed by atoms with Crippen molar-refractivity contribution in [2.45, 2.75) is 6.54 Å². The van der Waals surface area contributed by atoms with Gasteiger partial charge in [0.2, 0.25) is 0 Å². The van der Waals surface area contributed by atoms with Gasteiger partial charge in [-0.15, -0.1) is 10.2 Å². The highest BCUT2D eigenvalue weighted by Crippen LogP contribution is 2.28. The van der Waals surface area contributed by atoms with Crippen LogP contribution in [0.15, 0.2) is 36.8 Å². The number of nitro benzene ring substituents is 1. The van der Waals surface area contributed by atoms with Crippen molar-refractivity contribution in [3.63, 3.8) is 0 Å². The number of fused-ring (bicyclic) bond motifs is 1. The lowest BCUT2D eigenvalue weighted by atomic mass is 10.1. The minimum absolute atomic E-state index is 0.00481. The van der Waals surface area contributed by atoms with Crippen LogP contribution in [0.1, 0.15) is 5.82 Å². The number of aryl methyl sites for hydroxylation is 1. The van der Waals surface area contributed by atoms with Crippen LogP contribution in [0.2, 0.25) is 0 Å². The molecule has 0 aliphatic rings. The Kier molecular flexibility index (Phi) is 3.19. The lowest BCUT2D eigenvalue weighted by Crippen LogP contribution is -2.06. The first kappa shape index (κ1) is 13.0. The second kappa shape index (κ2) is 5.16. The molecule has 21 heavy (non-hydrogen) atoms. The molecule has 0 atom stereocenters. The van der Waals surface area contributed by atoms with E-state index in [1.165, 1.54) is 6.07 Å². The van der Waals surface area contributed by atoms with Crippen molar-refractivity contribution in [1.82, 2.24) is 19.7 Å². The van der Waals surface area contributed by atoms with Crippen LogP contribution in [0.5, 0.6) is 0 Å². The summed E-state index contributed by atoms with van der Waals surface area (Å²) in [6.07, 6.45) is 3.17. The summed E-state index contributed by atoms with van der Waals surface area (Å²) in [6.45, 7) is 0.471. The number of non-ortho nitro benzene ring substituents is 1. The number of hydrogen-bond donors (Lipinski definition) is 1. The molecule has 1 N–H and O–H groups in total. The van der Waals surface area contributed by atoms with Crippen molar-refractivity contribution in [2.24, 2.45) is 7.05 Å². The van der Waals surface area contributed by atoms with E-state index in [2.05, 4.69) is 20.5 Å². The van der Waals surface area contributed by atoms with E-state index in [1.54, 1.807) is 35.3 Å². The van der Waals surface area contributed by atoms with E-state index < -0.39 is 4.92 Å². The van der Waals surface area contributed by atoms with Gasteiger partial charge in [0.15, 0.2) is 5.82 Å². The van der Waals surface area contributed by atoms with Crippen molar-refractivity contribution in [3.8, 4) is 0 Å². The van der Waals surface area contributed by atoms with E-state index in [1.807, 2.05) is 7.05 Å². The van der Waals surface area contributed by atoms with E-state index in [0.717, 1.165) is 11.5 Å². The van der Waals surface area contributed by atoms with Crippen LogP contribution in [-0.2, 0) is 13.6 Å². The van der Waals surface area contributed by atoms with Crippen LogP contribution in [0.25, 0.3) is 10.9 Å². The fourth-order valence-corrected chi connectivity index (χ4v) is 2.10. The smallest absolute Gasteiger partial charge is 0.295 e. The minimum atomic E-state index is -0.429. The molecule has 2 aromatic heterocycles. The molecule has 0 saturated heterocycles. The zero-order valence-electron chi connectivity index (χ0n) is 11.2. The van der Waals surface area contributed by atoms with Crippen molar-refractivity contribution in [3.05, 3.63) is 52.7 Å². The molecule has 0 spiro atoms. The Morgan fingerprint density at radius 2 is 2.24 bits per heavy atom. The van der Waals surface area contributed by atoms with E-state index in [-0.39, 0.29) is 5.69 Å². The predicted molar refractivity (Wildman–Crippen MR) is 76.7 cm³/mol. The van der Waals surface area contributed by atoms with E-state index in [0.29, 0.717) is 17.4 Å². The fraction of sp³-hybridized carbons (Fsp3) is 0.154. The average Bonchev–Trinajstić information content (AvgIpc) is 2.89. The fourth-order valence-electron chi connectivity index (χ4n) is 2.10. The van der Waals surface area contributed by atoms with Crippen LogP contribution in [0.4, 0.5) is 11.4 Å². The van der Waals surface area contributed by atoms with Crippen molar-refractivity contribution >= 4 is 22.3 Å². The number of benzene rings is 1. The Labute approximate surface area is 119 Å². The molecule has 3 rings (SSSR count). The summed E-state index contributed by atoms with van der Waals surface area (Å²) in [5.74, 6) is 0.769. The molecule has 0 unspecified atom stereocenters. The van der Waals surface area contributed by atoms with Gasteiger partial charge in [0, 0.05) is 30.4 Å². The summed E-state index contributed by atoms with van der Waals surface area (Å²) < 4.78 is 1.80. The number of hydrogen-bond acceptors (Lipinski definition) is 6. The van der Waals surface area contributed by atoms with Gasteiger partial charge in [-0.3, -0.25) is 10.1 Å². The topological polar surface area (TPSA) is 98.8 Å². The molecule has 0 radical (unpaired) electrons. The molecule has 8 nitrogen and oxygen atoms in total. The number of para-hydroxylation sites is 1. The monoisotopic (exact) mass is 284 g/mol. The SMILES string of the molecule is Cn1cnnc1CNc1ccnc2c([N+](=O)[O-])cccc12. The van der Waals surface area contributed by atoms with Gasteiger partial charge in [-0.1, -0.05) is 12.1 Å². The Hall–Kier alpha value is -3.03. The van der Waals surface area contributed by atoms with Crippen LogP contribution >= 0.6 is 0 Å². The van der Waals surface area contributed by atoms with Gasteiger partial charge >= 0.3 is 0 Å². The van der Waals surface area contributed by atoms with Crippen molar-refractivity contribution in [1.29, 1.82) is 0 Å². The number of anilines is 1. The first-order valence-electron chi connectivity index (χ1n) is 6.25. The first-order valence-corrected chi connectivity index (χ1v) is 6.25. The van der Waals surface area contributed by atoms with Gasteiger partial charge in [0.05, 0.1) is 11.5 Å². The third-order valence-corrected chi connectivity index (χ3v) is 3.19. The lowest BCUT2D eigenvalue weighted by Gasteiger charge is -2.08. The first-order chi connectivity index (χ1) is 10.2. The summed E-state index contributed by atoms with van der Waals surface area (Å²) >= 11 is 0. The molecule has 0 aliphatic heterocycles. The number of nitrogens with one attached hydrogen (secondary N) is 1. The summed E-state index contributed by atoms with van der Waals surface area (Å²) in [7, 11) is 1.85. The third kappa shape index (κ3) is 2.38. The van der Waals surface area contributed by atoms with E-state index >= 15 is 0 Å². The predicted octanol–water partition coefficient (Wildman–Crippen LogP) is 1.88. The normalized spacial score (nSPS) is 10.7. The highest BCUT2D eigenvalue weighted by Gasteiger charge is 2.14. The largest absolute Gasteiger partial charge is 0.377 e. The Bertz CT molecular complexity index is 813. The van der Waals surface area contributed by atoms with Crippen molar-refractivity contribution in [2.75, 3.05) is 5.32 Å². The van der Waals surface area contributed by atoms with Gasteiger partial charge in [-0.25, -0.2) is 4.98 Å². The lowest BCUT2D eigenvalue weighted by molar-refractivity contribution is -0.383. The third-order valence-electron chi connectivity index (χ3n) is 3.19. The maximum Gasteiger partial charge on any atom is 0.295 e. The van der Waals surface area contributed by atoms with Crippen LogP contribution in [0, 0.1) is 10.1 Å². The number of aromatic nitrogens is 4. The highest BCUT2D eigenvalue weighted by atomic mass is 16.6. The van der Waals surface area contributed by atoms with Crippen LogP contribution in [-0.4, -0.2) is 24.7 Å². The van der Waals surface area contributed by atoms with Gasteiger partial charge in [0.1, 0.15) is 11.8 Å². The van der Waals surface area contributed by atoms with Gasteiger partial charge in [-0.2, -0.15) is 0 Å². The molecular formula is C13H12N6O2. The summed E-state index contributed by atoms with van der Waals surface area (Å²) in [5.41, 5.74) is 1.13. The average molecular weight is 284 g/mol. The number of nitro groups is 1. The molecule has 0 aliphatic carbocycles. The molecule has 2 heterocycles. The van der Waals surface area contributed by atoms with Crippen molar-refractivity contribution < 1.29 is 4.92 Å². The summed E-state index contributed by atoms with van der Waals surface area (Å²) in [5, 5.41) is 22.7. The Balaban J connectivity index is 1.98. The van der Waals surface area contributed by atoms with Gasteiger partial charge < -0.3 is 9.88 Å². The number of nitrogens with zero attached hydrogens (tertiary/aromatic N) is 5. The highest BCUT2D eigenvalue weighted by molar-refractivity contribution is 5.96. The van der Waals surface area contributed by atoms with Gasteiger partial charge in [0.25, 0.3) is 5.69 Å². The molecule has 106 valence electrons. The standard InChI is InChI=1S/C13H12N6O2/c1-18-8-16-17-12(18)7-15-10-5-6-14-13-9(10)3-2-4-11(13)19(20)21/h2-6,8H,7H2,1H3,(H,14,15). The molecule has 1 aromatic carbocycles. The number of pyridine rings is 1. The maximum atomic E-state index is 11.0. The summed E-state index contributed by atoms with van der Waals surface area (Å²) in [6, 6.07) is 6.67. The Morgan fingerprint density at radius 1 is 1.38 bits per heavy atom. The zero-order valence-corrected chi connectivity index (χ0v) is 11.2. The molecule has 3 aromatic rings. The quantitative estimate of drug-likeness (QED) is 0.580. The minimum Gasteiger partial charge on any atom is -0.377 e. The second-order valence-electron chi connectivity index (χ2n) is 4.50. The molecule has 8 heteroatoms. The zero-order chi connectivity index (χ0) is 14.8. The number of rotatable bonds is 4. The van der Waals surface area contributed by atoms with Crippen LogP contribution in [0.3, 0.4) is 0 Å². The molecular weight excluding hydrogens is 272 g/mol. The van der Waals surface area contributed by atoms with Gasteiger partial charge in [-0.05, 0) is 6.07 Å². The summed E-state index contributed by atoms with van der Waals surface area (Å²) in [4.78, 5) is 14.7.